The lowest BCUT2D eigenvalue weighted by atomic mass is 10.3. The zero-order valence-electron chi connectivity index (χ0n) is 10.5. The molecule has 17 heavy (non-hydrogen) atoms. The first kappa shape index (κ1) is 13.5. The molecule has 0 radical (unpaired) electrons. The fraction of sp³-hybridized carbons (Fsp3) is 0.462. The van der Waals surface area contributed by atoms with Crippen LogP contribution in [0.25, 0.3) is 0 Å². The van der Waals surface area contributed by atoms with Crippen LogP contribution >= 0.6 is 0 Å². The molecule has 1 aromatic carbocycles. The lowest BCUT2D eigenvalue weighted by Gasteiger charge is -2.18. The predicted molar refractivity (Wildman–Crippen MR) is 66.0 cm³/mol. The van der Waals surface area contributed by atoms with Crippen LogP contribution in [-0.4, -0.2) is 31.8 Å². The van der Waals surface area contributed by atoms with E-state index in [1.165, 1.54) is 0 Å². The third kappa shape index (κ3) is 4.87. The van der Waals surface area contributed by atoms with Gasteiger partial charge in [-0.25, -0.2) is 0 Å². The first-order valence-electron chi connectivity index (χ1n) is 5.64. The molecule has 0 heterocycles. The third-order valence-corrected chi connectivity index (χ3v) is 2.23. The minimum Gasteiger partial charge on any atom is -0.481 e. The van der Waals surface area contributed by atoms with Gasteiger partial charge in [-0.15, -0.1) is 0 Å². The average Bonchev–Trinajstić information content (AvgIpc) is 2.30. The van der Waals surface area contributed by atoms with E-state index in [1.807, 2.05) is 37.3 Å². The van der Waals surface area contributed by atoms with Gasteiger partial charge in [-0.2, -0.15) is 0 Å². The van der Waals surface area contributed by atoms with Gasteiger partial charge in [0.2, 0.25) is 0 Å². The highest BCUT2D eigenvalue weighted by molar-refractivity contribution is 5.80. The summed E-state index contributed by atoms with van der Waals surface area (Å²) in [4.78, 5) is 11.7. The van der Waals surface area contributed by atoms with Crippen molar-refractivity contribution < 1.29 is 14.3 Å². The van der Waals surface area contributed by atoms with Gasteiger partial charge in [0.15, 0.2) is 6.10 Å². The van der Waals surface area contributed by atoms with Gasteiger partial charge in [0.25, 0.3) is 5.91 Å². The fourth-order valence-corrected chi connectivity index (χ4v) is 1.41. The Labute approximate surface area is 102 Å². The van der Waals surface area contributed by atoms with Crippen LogP contribution in [0.4, 0.5) is 0 Å². The summed E-state index contributed by atoms with van der Waals surface area (Å²) >= 11 is 0. The quantitative estimate of drug-likeness (QED) is 0.817. The van der Waals surface area contributed by atoms with Crippen LogP contribution in [0.5, 0.6) is 5.75 Å². The standard InChI is InChI=1S/C13H19NO3/c1-10(9-16-3)14-13(15)11(2)17-12-7-5-4-6-8-12/h4-8,10-11H,9H2,1-3H3,(H,14,15)/t10-,11+/m1/s1. The first-order chi connectivity index (χ1) is 8.13. The van der Waals surface area contributed by atoms with E-state index < -0.39 is 6.10 Å². The summed E-state index contributed by atoms with van der Waals surface area (Å²) in [6.07, 6.45) is -0.517. The smallest absolute Gasteiger partial charge is 0.261 e. The van der Waals surface area contributed by atoms with Crippen molar-refractivity contribution in [1.82, 2.24) is 5.32 Å². The molecule has 1 aromatic rings. The molecule has 94 valence electrons. The molecule has 0 aromatic heterocycles. The Morgan fingerprint density at radius 2 is 1.94 bits per heavy atom. The molecule has 1 amide bonds. The molecule has 4 nitrogen and oxygen atoms in total. The second kappa shape index (κ2) is 6.91. The molecule has 2 atom stereocenters. The molecule has 0 spiro atoms. The van der Waals surface area contributed by atoms with Gasteiger partial charge >= 0.3 is 0 Å². The minimum atomic E-state index is -0.517. The van der Waals surface area contributed by atoms with E-state index in [4.69, 9.17) is 9.47 Å². The highest BCUT2D eigenvalue weighted by atomic mass is 16.5. The monoisotopic (exact) mass is 237 g/mol. The van der Waals surface area contributed by atoms with E-state index in [0.717, 1.165) is 0 Å². The number of methoxy groups -OCH3 is 1. The molecule has 0 unspecified atom stereocenters. The van der Waals surface area contributed by atoms with Crippen LogP contribution in [0.2, 0.25) is 0 Å². The van der Waals surface area contributed by atoms with Gasteiger partial charge in [0, 0.05) is 13.2 Å². The van der Waals surface area contributed by atoms with Crippen LogP contribution < -0.4 is 10.1 Å². The van der Waals surface area contributed by atoms with Gasteiger partial charge in [0.05, 0.1) is 6.61 Å². The number of hydrogen-bond donors (Lipinski definition) is 1. The normalized spacial score (nSPS) is 13.8. The zero-order chi connectivity index (χ0) is 12.7. The van der Waals surface area contributed by atoms with Crippen LogP contribution in [0.3, 0.4) is 0 Å². The maximum atomic E-state index is 11.7. The molecule has 0 saturated heterocycles. The molecular weight excluding hydrogens is 218 g/mol. The van der Waals surface area contributed by atoms with Gasteiger partial charge in [0.1, 0.15) is 5.75 Å². The van der Waals surface area contributed by atoms with Crippen molar-refractivity contribution in [2.24, 2.45) is 0 Å². The SMILES string of the molecule is COC[C@@H](C)NC(=O)[C@H](C)Oc1ccccc1. The molecule has 4 heteroatoms. The van der Waals surface area contributed by atoms with Crippen molar-refractivity contribution in [2.45, 2.75) is 26.0 Å². The zero-order valence-corrected chi connectivity index (χ0v) is 10.5. The van der Waals surface area contributed by atoms with E-state index in [9.17, 15) is 4.79 Å². The molecule has 0 saturated carbocycles. The molecular formula is C13H19NO3. The lowest BCUT2D eigenvalue weighted by molar-refractivity contribution is -0.128. The molecule has 1 N–H and O–H groups in total. The maximum absolute atomic E-state index is 11.7. The number of rotatable bonds is 6. The first-order valence-corrected chi connectivity index (χ1v) is 5.64. The summed E-state index contributed by atoms with van der Waals surface area (Å²) in [5.74, 6) is 0.549. The Morgan fingerprint density at radius 1 is 1.29 bits per heavy atom. The second-order valence-corrected chi connectivity index (χ2v) is 3.94. The van der Waals surface area contributed by atoms with Crippen molar-refractivity contribution in [3.8, 4) is 5.75 Å². The number of benzene rings is 1. The van der Waals surface area contributed by atoms with E-state index in [2.05, 4.69) is 5.32 Å². The van der Waals surface area contributed by atoms with Crippen molar-refractivity contribution in [1.29, 1.82) is 0 Å². The number of carbonyl (C=O) groups is 1. The number of ether oxygens (including phenoxy) is 2. The number of amides is 1. The van der Waals surface area contributed by atoms with Gasteiger partial charge < -0.3 is 14.8 Å². The number of nitrogens with one attached hydrogen (secondary N) is 1. The Kier molecular flexibility index (Phi) is 5.49. The third-order valence-electron chi connectivity index (χ3n) is 2.23. The van der Waals surface area contributed by atoms with Crippen LogP contribution in [0, 0.1) is 0 Å². The van der Waals surface area contributed by atoms with E-state index in [1.54, 1.807) is 14.0 Å². The van der Waals surface area contributed by atoms with E-state index >= 15 is 0 Å². The summed E-state index contributed by atoms with van der Waals surface area (Å²) in [7, 11) is 1.60. The Morgan fingerprint density at radius 3 is 2.53 bits per heavy atom. The Balaban J connectivity index is 2.42. The van der Waals surface area contributed by atoms with Crippen LogP contribution in [0.1, 0.15) is 13.8 Å². The summed E-state index contributed by atoms with van der Waals surface area (Å²) in [6, 6.07) is 9.26. The highest BCUT2D eigenvalue weighted by Gasteiger charge is 2.16. The van der Waals surface area contributed by atoms with Gasteiger partial charge in [-0.3, -0.25) is 4.79 Å². The minimum absolute atomic E-state index is 0.0191. The Hall–Kier alpha value is -1.55. The molecule has 0 aliphatic carbocycles. The number of carbonyl (C=O) groups excluding carboxylic acids is 1. The largest absolute Gasteiger partial charge is 0.481 e. The van der Waals surface area contributed by atoms with Crippen molar-refractivity contribution in [2.75, 3.05) is 13.7 Å². The second-order valence-electron chi connectivity index (χ2n) is 3.94. The van der Waals surface area contributed by atoms with Crippen LogP contribution in [0.15, 0.2) is 30.3 Å². The molecule has 0 aliphatic heterocycles. The van der Waals surface area contributed by atoms with Gasteiger partial charge in [-0.05, 0) is 26.0 Å². The molecule has 0 bridgehead atoms. The number of hydrogen-bond acceptors (Lipinski definition) is 3. The summed E-state index contributed by atoms with van der Waals surface area (Å²) < 4.78 is 10.4. The van der Waals surface area contributed by atoms with Crippen molar-refractivity contribution in [3.05, 3.63) is 30.3 Å². The van der Waals surface area contributed by atoms with Crippen molar-refractivity contribution >= 4 is 5.91 Å². The highest BCUT2D eigenvalue weighted by Crippen LogP contribution is 2.10. The maximum Gasteiger partial charge on any atom is 0.261 e. The topological polar surface area (TPSA) is 47.6 Å². The summed E-state index contributed by atoms with van der Waals surface area (Å²) in [5, 5.41) is 2.81. The predicted octanol–water partition coefficient (Wildman–Crippen LogP) is 1.60. The van der Waals surface area contributed by atoms with Crippen molar-refractivity contribution in [3.63, 3.8) is 0 Å². The number of para-hydroxylation sites is 1. The Bertz CT molecular complexity index is 340. The van der Waals surface area contributed by atoms with Crippen LogP contribution in [-0.2, 0) is 9.53 Å². The van der Waals surface area contributed by atoms with E-state index in [0.29, 0.717) is 12.4 Å². The molecule has 0 fully saturated rings. The average molecular weight is 237 g/mol. The van der Waals surface area contributed by atoms with Gasteiger partial charge in [-0.1, -0.05) is 18.2 Å². The molecule has 1 rings (SSSR count). The molecule has 0 aliphatic rings. The van der Waals surface area contributed by atoms with E-state index in [-0.39, 0.29) is 11.9 Å². The lowest BCUT2D eigenvalue weighted by Crippen LogP contribution is -2.43. The summed E-state index contributed by atoms with van der Waals surface area (Å²) in [6.45, 7) is 4.10. The summed E-state index contributed by atoms with van der Waals surface area (Å²) in [5.41, 5.74) is 0. The fourth-order valence-electron chi connectivity index (χ4n) is 1.41.